The number of hydrogen-bond donors (Lipinski definition) is 1. The SMILES string of the molecule is Cn1cnc(CNC(=O)c2ccc(Cl)nc2Cl)n1. The molecule has 0 saturated heterocycles. The zero-order valence-corrected chi connectivity index (χ0v) is 10.9. The lowest BCUT2D eigenvalue weighted by atomic mass is 10.2. The lowest BCUT2D eigenvalue weighted by Gasteiger charge is -2.04. The van der Waals surface area contributed by atoms with Crippen LogP contribution in [0.15, 0.2) is 18.5 Å². The van der Waals surface area contributed by atoms with Crippen LogP contribution in [0.4, 0.5) is 0 Å². The fourth-order valence-corrected chi connectivity index (χ4v) is 1.73. The first-order valence-electron chi connectivity index (χ1n) is 5.01. The first kappa shape index (κ1) is 12.8. The molecule has 0 atom stereocenters. The van der Waals surface area contributed by atoms with Crippen molar-refractivity contribution in [3.63, 3.8) is 0 Å². The fraction of sp³-hybridized carbons (Fsp3) is 0.200. The van der Waals surface area contributed by atoms with E-state index in [0.29, 0.717) is 5.82 Å². The molecule has 0 aliphatic rings. The van der Waals surface area contributed by atoms with Gasteiger partial charge in [0.05, 0.1) is 12.1 Å². The minimum absolute atomic E-state index is 0.0639. The van der Waals surface area contributed by atoms with Crippen molar-refractivity contribution in [1.29, 1.82) is 0 Å². The summed E-state index contributed by atoms with van der Waals surface area (Å²) in [6, 6.07) is 3.01. The zero-order valence-electron chi connectivity index (χ0n) is 9.39. The summed E-state index contributed by atoms with van der Waals surface area (Å²) in [5.41, 5.74) is 0.261. The van der Waals surface area contributed by atoms with Gasteiger partial charge in [0.25, 0.3) is 5.91 Å². The largest absolute Gasteiger partial charge is 0.345 e. The highest BCUT2D eigenvalue weighted by molar-refractivity contribution is 6.34. The van der Waals surface area contributed by atoms with E-state index in [9.17, 15) is 4.79 Å². The molecule has 2 aromatic rings. The van der Waals surface area contributed by atoms with Crippen molar-refractivity contribution in [1.82, 2.24) is 25.1 Å². The molecule has 0 spiro atoms. The van der Waals surface area contributed by atoms with E-state index in [1.165, 1.54) is 12.1 Å². The Balaban J connectivity index is 2.03. The Hall–Kier alpha value is -1.66. The molecular formula is C10H9Cl2N5O. The number of carbonyl (C=O) groups is 1. The molecule has 0 unspecified atom stereocenters. The lowest BCUT2D eigenvalue weighted by Crippen LogP contribution is -2.24. The lowest BCUT2D eigenvalue weighted by molar-refractivity contribution is 0.0949. The Morgan fingerprint density at radius 1 is 1.44 bits per heavy atom. The monoisotopic (exact) mass is 285 g/mol. The number of amides is 1. The van der Waals surface area contributed by atoms with Gasteiger partial charge in [0, 0.05) is 7.05 Å². The third-order valence-corrected chi connectivity index (χ3v) is 2.61. The summed E-state index contributed by atoms with van der Waals surface area (Å²) in [7, 11) is 1.75. The Morgan fingerprint density at radius 2 is 2.22 bits per heavy atom. The van der Waals surface area contributed by atoms with Crippen LogP contribution in [0.2, 0.25) is 10.3 Å². The Morgan fingerprint density at radius 3 is 2.83 bits per heavy atom. The standard InChI is InChI=1S/C10H9Cl2N5O/c1-17-5-14-8(16-17)4-13-10(18)6-2-3-7(11)15-9(6)12/h2-3,5H,4H2,1H3,(H,13,18). The van der Waals surface area contributed by atoms with Gasteiger partial charge in [-0.05, 0) is 12.1 Å². The molecule has 6 nitrogen and oxygen atoms in total. The molecule has 8 heteroatoms. The molecule has 0 saturated carbocycles. The number of aryl methyl sites for hydroxylation is 1. The van der Waals surface area contributed by atoms with Crippen LogP contribution < -0.4 is 5.32 Å². The van der Waals surface area contributed by atoms with Gasteiger partial charge >= 0.3 is 0 Å². The fourth-order valence-electron chi connectivity index (χ4n) is 1.30. The minimum Gasteiger partial charge on any atom is -0.345 e. The summed E-state index contributed by atoms with van der Waals surface area (Å²) in [4.78, 5) is 19.6. The summed E-state index contributed by atoms with van der Waals surface area (Å²) in [6.07, 6.45) is 1.55. The second-order valence-electron chi connectivity index (χ2n) is 3.49. The molecule has 1 N–H and O–H groups in total. The van der Waals surface area contributed by atoms with Crippen LogP contribution in [0.25, 0.3) is 0 Å². The summed E-state index contributed by atoms with van der Waals surface area (Å²) in [5.74, 6) is 0.167. The highest BCUT2D eigenvalue weighted by Gasteiger charge is 2.12. The zero-order chi connectivity index (χ0) is 13.1. The van der Waals surface area contributed by atoms with E-state index < -0.39 is 0 Å². The van der Waals surface area contributed by atoms with Gasteiger partial charge in [0.1, 0.15) is 16.6 Å². The second-order valence-corrected chi connectivity index (χ2v) is 4.23. The Bertz CT molecular complexity index is 583. The van der Waals surface area contributed by atoms with Crippen molar-refractivity contribution in [2.24, 2.45) is 7.05 Å². The molecule has 1 amide bonds. The molecule has 0 aromatic carbocycles. The maximum atomic E-state index is 11.8. The highest BCUT2D eigenvalue weighted by Crippen LogP contribution is 2.16. The first-order valence-corrected chi connectivity index (χ1v) is 5.76. The van der Waals surface area contributed by atoms with Crippen molar-refractivity contribution < 1.29 is 4.79 Å². The Labute approximate surface area is 113 Å². The van der Waals surface area contributed by atoms with E-state index in [2.05, 4.69) is 20.4 Å². The van der Waals surface area contributed by atoms with Crippen molar-refractivity contribution in [2.45, 2.75) is 6.54 Å². The van der Waals surface area contributed by atoms with Crippen molar-refractivity contribution in [3.8, 4) is 0 Å². The van der Waals surface area contributed by atoms with Crippen molar-refractivity contribution in [2.75, 3.05) is 0 Å². The van der Waals surface area contributed by atoms with E-state index in [-0.39, 0.29) is 28.3 Å². The van der Waals surface area contributed by atoms with Crippen LogP contribution in [0.3, 0.4) is 0 Å². The molecule has 0 fully saturated rings. The number of hydrogen-bond acceptors (Lipinski definition) is 4. The number of nitrogens with one attached hydrogen (secondary N) is 1. The predicted octanol–water partition coefficient (Wildman–Crippen LogP) is 1.45. The summed E-state index contributed by atoms with van der Waals surface area (Å²) < 4.78 is 1.55. The third kappa shape index (κ3) is 2.96. The normalized spacial score (nSPS) is 10.4. The number of halogens is 2. The second kappa shape index (κ2) is 5.32. The molecule has 2 rings (SSSR count). The number of aromatic nitrogens is 4. The summed E-state index contributed by atoms with van der Waals surface area (Å²) in [6.45, 7) is 0.221. The van der Waals surface area contributed by atoms with Gasteiger partial charge in [-0.1, -0.05) is 23.2 Å². The van der Waals surface area contributed by atoms with Crippen LogP contribution in [0.5, 0.6) is 0 Å². The van der Waals surface area contributed by atoms with E-state index in [1.54, 1.807) is 18.1 Å². The molecule has 18 heavy (non-hydrogen) atoms. The van der Waals surface area contributed by atoms with E-state index in [0.717, 1.165) is 0 Å². The van der Waals surface area contributed by atoms with Crippen LogP contribution in [0, 0.1) is 0 Å². The molecule has 0 radical (unpaired) electrons. The summed E-state index contributed by atoms with van der Waals surface area (Å²) in [5, 5.41) is 6.98. The quantitative estimate of drug-likeness (QED) is 0.867. The smallest absolute Gasteiger partial charge is 0.254 e. The van der Waals surface area contributed by atoms with E-state index >= 15 is 0 Å². The molecule has 0 bridgehead atoms. The van der Waals surface area contributed by atoms with Gasteiger partial charge in [-0.2, -0.15) is 5.10 Å². The van der Waals surface area contributed by atoms with E-state index in [1.807, 2.05) is 0 Å². The average Bonchev–Trinajstić information content (AvgIpc) is 2.72. The molecular weight excluding hydrogens is 277 g/mol. The van der Waals surface area contributed by atoms with Crippen LogP contribution in [-0.2, 0) is 13.6 Å². The first-order chi connectivity index (χ1) is 8.56. The molecule has 2 aromatic heterocycles. The van der Waals surface area contributed by atoms with Crippen LogP contribution >= 0.6 is 23.2 Å². The average molecular weight is 286 g/mol. The highest BCUT2D eigenvalue weighted by atomic mass is 35.5. The van der Waals surface area contributed by atoms with Crippen LogP contribution in [0.1, 0.15) is 16.2 Å². The van der Waals surface area contributed by atoms with Gasteiger partial charge < -0.3 is 5.32 Å². The minimum atomic E-state index is -0.350. The number of rotatable bonds is 3. The van der Waals surface area contributed by atoms with Crippen molar-refractivity contribution in [3.05, 3.63) is 40.2 Å². The summed E-state index contributed by atoms with van der Waals surface area (Å²) >= 11 is 11.5. The topological polar surface area (TPSA) is 72.7 Å². The third-order valence-electron chi connectivity index (χ3n) is 2.11. The molecule has 94 valence electrons. The van der Waals surface area contributed by atoms with E-state index in [4.69, 9.17) is 23.2 Å². The molecule has 2 heterocycles. The maximum absolute atomic E-state index is 11.8. The number of carbonyl (C=O) groups excluding carboxylic acids is 1. The Kier molecular flexibility index (Phi) is 3.78. The molecule has 0 aliphatic heterocycles. The van der Waals surface area contributed by atoms with Gasteiger partial charge in [-0.25, -0.2) is 9.97 Å². The maximum Gasteiger partial charge on any atom is 0.254 e. The van der Waals surface area contributed by atoms with Crippen LogP contribution in [-0.4, -0.2) is 25.7 Å². The van der Waals surface area contributed by atoms with Crippen molar-refractivity contribution >= 4 is 29.1 Å². The van der Waals surface area contributed by atoms with Gasteiger partial charge in [0.15, 0.2) is 5.82 Å². The van der Waals surface area contributed by atoms with Gasteiger partial charge in [-0.15, -0.1) is 0 Å². The predicted molar refractivity (Wildman–Crippen MR) is 66.4 cm³/mol. The number of nitrogens with zero attached hydrogens (tertiary/aromatic N) is 4. The number of pyridine rings is 1. The van der Waals surface area contributed by atoms with Gasteiger partial charge in [-0.3, -0.25) is 9.48 Å². The van der Waals surface area contributed by atoms with Gasteiger partial charge in [0.2, 0.25) is 0 Å². The molecule has 0 aliphatic carbocycles.